The van der Waals surface area contributed by atoms with Crippen LogP contribution < -0.4 is 16.4 Å². The van der Waals surface area contributed by atoms with Crippen LogP contribution >= 0.6 is 0 Å². The number of benzene rings is 2. The van der Waals surface area contributed by atoms with Crippen molar-refractivity contribution in [2.75, 3.05) is 5.32 Å². The van der Waals surface area contributed by atoms with Gasteiger partial charge in [0.25, 0.3) is 5.91 Å². The first kappa shape index (κ1) is 18.9. The standard InChI is InChI=1S/C18H18FN3O4/c1-11(16(23)22-15-4-2-3-14(19)9-15)26-17(24)13-7-5-12(6-8-13)10-21-18(20)25/h2-9,11H,10H2,1H3,(H,22,23)(H3,20,21,25). The van der Waals surface area contributed by atoms with Crippen LogP contribution in [0.15, 0.2) is 48.5 Å². The quantitative estimate of drug-likeness (QED) is 0.687. The number of halogens is 1. The number of hydrogen-bond acceptors (Lipinski definition) is 4. The number of urea groups is 1. The van der Waals surface area contributed by atoms with Gasteiger partial charge in [-0.2, -0.15) is 0 Å². The largest absolute Gasteiger partial charge is 0.449 e. The Morgan fingerprint density at radius 1 is 1.15 bits per heavy atom. The molecule has 2 aromatic carbocycles. The molecular weight excluding hydrogens is 341 g/mol. The van der Waals surface area contributed by atoms with Crippen LogP contribution in [0.4, 0.5) is 14.9 Å². The van der Waals surface area contributed by atoms with Crippen molar-refractivity contribution in [2.45, 2.75) is 19.6 Å². The summed E-state index contributed by atoms with van der Waals surface area (Å²) in [6.07, 6.45) is -1.07. The SMILES string of the molecule is CC(OC(=O)c1ccc(CNC(N)=O)cc1)C(=O)Nc1cccc(F)c1. The van der Waals surface area contributed by atoms with Crippen LogP contribution in [-0.4, -0.2) is 24.0 Å². The van der Waals surface area contributed by atoms with Gasteiger partial charge < -0.3 is 21.1 Å². The molecule has 2 rings (SSSR count). The Morgan fingerprint density at radius 3 is 2.46 bits per heavy atom. The Balaban J connectivity index is 1.91. The average Bonchev–Trinajstić information content (AvgIpc) is 2.60. The number of esters is 1. The molecule has 0 heterocycles. The summed E-state index contributed by atoms with van der Waals surface area (Å²) in [5, 5.41) is 4.90. The Kier molecular flexibility index (Phi) is 6.26. The summed E-state index contributed by atoms with van der Waals surface area (Å²) < 4.78 is 18.2. The second kappa shape index (κ2) is 8.61. The van der Waals surface area contributed by atoms with Gasteiger partial charge in [-0.3, -0.25) is 4.79 Å². The van der Waals surface area contributed by atoms with Crippen LogP contribution in [0.25, 0.3) is 0 Å². The molecule has 1 atom stereocenters. The van der Waals surface area contributed by atoms with Gasteiger partial charge in [0.2, 0.25) is 0 Å². The average molecular weight is 359 g/mol. The van der Waals surface area contributed by atoms with Crippen molar-refractivity contribution in [3.05, 3.63) is 65.5 Å². The molecule has 7 nitrogen and oxygen atoms in total. The number of anilines is 1. The molecule has 8 heteroatoms. The first-order valence-corrected chi connectivity index (χ1v) is 7.75. The summed E-state index contributed by atoms with van der Waals surface area (Å²) in [5.74, 6) is -1.74. The molecule has 1 unspecified atom stereocenters. The minimum Gasteiger partial charge on any atom is -0.449 e. The first-order chi connectivity index (χ1) is 12.3. The second-order valence-corrected chi connectivity index (χ2v) is 5.46. The smallest absolute Gasteiger partial charge is 0.338 e. The van der Waals surface area contributed by atoms with Crippen LogP contribution in [0.1, 0.15) is 22.8 Å². The van der Waals surface area contributed by atoms with Gasteiger partial charge in [0, 0.05) is 12.2 Å². The zero-order chi connectivity index (χ0) is 19.1. The van der Waals surface area contributed by atoms with E-state index in [0.29, 0.717) is 0 Å². The molecule has 0 aliphatic heterocycles. The molecular formula is C18H18FN3O4. The van der Waals surface area contributed by atoms with E-state index in [9.17, 15) is 18.8 Å². The van der Waals surface area contributed by atoms with Crippen LogP contribution in [0.3, 0.4) is 0 Å². The maximum Gasteiger partial charge on any atom is 0.338 e. The fraction of sp³-hybridized carbons (Fsp3) is 0.167. The number of carbonyl (C=O) groups excluding carboxylic acids is 3. The lowest BCUT2D eigenvalue weighted by Crippen LogP contribution is -2.30. The van der Waals surface area contributed by atoms with Gasteiger partial charge in [0.1, 0.15) is 5.82 Å². The maximum atomic E-state index is 13.1. The van der Waals surface area contributed by atoms with Gasteiger partial charge in [-0.1, -0.05) is 18.2 Å². The summed E-state index contributed by atoms with van der Waals surface area (Å²) >= 11 is 0. The zero-order valence-electron chi connectivity index (χ0n) is 14.0. The van der Waals surface area contributed by atoms with Crippen LogP contribution in [0, 0.1) is 5.82 Å². The van der Waals surface area contributed by atoms with Crippen molar-refractivity contribution in [1.29, 1.82) is 0 Å². The first-order valence-electron chi connectivity index (χ1n) is 7.75. The number of nitrogens with two attached hydrogens (primary N) is 1. The van der Waals surface area contributed by atoms with Crippen molar-refractivity contribution in [2.24, 2.45) is 5.73 Å². The summed E-state index contributed by atoms with van der Waals surface area (Å²) in [4.78, 5) is 34.8. The van der Waals surface area contributed by atoms with E-state index in [1.165, 1.54) is 37.3 Å². The topological polar surface area (TPSA) is 111 Å². The fourth-order valence-corrected chi connectivity index (χ4v) is 2.04. The summed E-state index contributed by atoms with van der Waals surface area (Å²) in [6, 6.07) is 11.0. The van der Waals surface area contributed by atoms with Gasteiger partial charge in [0.15, 0.2) is 6.10 Å². The van der Waals surface area contributed by atoms with Crippen LogP contribution in [0.2, 0.25) is 0 Å². The summed E-state index contributed by atoms with van der Waals surface area (Å²) in [6.45, 7) is 1.65. The minimum absolute atomic E-state index is 0.233. The number of amides is 3. The van der Waals surface area contributed by atoms with E-state index in [4.69, 9.17) is 10.5 Å². The van der Waals surface area contributed by atoms with Crippen molar-refractivity contribution < 1.29 is 23.5 Å². The molecule has 0 spiro atoms. The van der Waals surface area contributed by atoms with Crippen molar-refractivity contribution in [1.82, 2.24) is 5.32 Å². The van der Waals surface area contributed by atoms with E-state index in [1.54, 1.807) is 12.1 Å². The maximum absolute atomic E-state index is 13.1. The number of hydrogen-bond donors (Lipinski definition) is 3. The predicted molar refractivity (Wildman–Crippen MR) is 92.8 cm³/mol. The van der Waals surface area contributed by atoms with Crippen LogP contribution in [-0.2, 0) is 16.1 Å². The fourth-order valence-electron chi connectivity index (χ4n) is 2.04. The third-order valence-electron chi connectivity index (χ3n) is 3.40. The number of nitrogens with one attached hydrogen (secondary N) is 2. The summed E-state index contributed by atoms with van der Waals surface area (Å²) in [7, 11) is 0. The zero-order valence-corrected chi connectivity index (χ0v) is 14.0. The second-order valence-electron chi connectivity index (χ2n) is 5.46. The van der Waals surface area contributed by atoms with E-state index in [2.05, 4.69) is 10.6 Å². The third kappa shape index (κ3) is 5.59. The predicted octanol–water partition coefficient (Wildman–Crippen LogP) is 2.18. The molecule has 4 N–H and O–H groups in total. The molecule has 0 aliphatic carbocycles. The number of rotatable bonds is 6. The number of carbonyl (C=O) groups is 3. The lowest BCUT2D eigenvalue weighted by Gasteiger charge is -2.14. The Labute approximate surface area is 149 Å². The van der Waals surface area contributed by atoms with Gasteiger partial charge in [-0.25, -0.2) is 14.0 Å². The molecule has 3 amide bonds. The number of primary amides is 1. The van der Waals surface area contributed by atoms with Crippen molar-refractivity contribution in [3.8, 4) is 0 Å². The molecule has 0 aromatic heterocycles. The highest BCUT2D eigenvalue weighted by atomic mass is 19.1. The lowest BCUT2D eigenvalue weighted by atomic mass is 10.1. The van der Waals surface area contributed by atoms with Crippen molar-refractivity contribution in [3.63, 3.8) is 0 Å². The highest BCUT2D eigenvalue weighted by Crippen LogP contribution is 2.11. The molecule has 0 saturated carbocycles. The molecule has 0 radical (unpaired) electrons. The van der Waals surface area contributed by atoms with E-state index >= 15 is 0 Å². The van der Waals surface area contributed by atoms with E-state index in [0.717, 1.165) is 11.6 Å². The van der Waals surface area contributed by atoms with Gasteiger partial charge in [-0.15, -0.1) is 0 Å². The van der Waals surface area contributed by atoms with Gasteiger partial charge in [-0.05, 0) is 42.8 Å². The van der Waals surface area contributed by atoms with Crippen LogP contribution in [0.5, 0.6) is 0 Å². The minimum atomic E-state index is -1.07. The van der Waals surface area contributed by atoms with Gasteiger partial charge in [0.05, 0.1) is 5.56 Å². The van der Waals surface area contributed by atoms with Gasteiger partial charge >= 0.3 is 12.0 Å². The molecule has 0 aliphatic rings. The van der Waals surface area contributed by atoms with E-state index in [-0.39, 0.29) is 17.8 Å². The normalized spacial score (nSPS) is 11.3. The Morgan fingerprint density at radius 2 is 1.85 bits per heavy atom. The van der Waals surface area contributed by atoms with Crippen molar-refractivity contribution >= 4 is 23.6 Å². The molecule has 0 bridgehead atoms. The molecule has 0 saturated heterocycles. The lowest BCUT2D eigenvalue weighted by molar-refractivity contribution is -0.123. The molecule has 26 heavy (non-hydrogen) atoms. The molecule has 2 aromatic rings. The molecule has 0 fully saturated rings. The molecule has 136 valence electrons. The highest BCUT2D eigenvalue weighted by Gasteiger charge is 2.19. The highest BCUT2D eigenvalue weighted by molar-refractivity contribution is 5.97. The monoisotopic (exact) mass is 359 g/mol. The summed E-state index contributed by atoms with van der Waals surface area (Å²) in [5.41, 5.74) is 6.25. The van der Waals surface area contributed by atoms with E-state index in [1.807, 2.05) is 0 Å². The number of ether oxygens (including phenoxy) is 1. The van der Waals surface area contributed by atoms with E-state index < -0.39 is 29.8 Å². The third-order valence-corrected chi connectivity index (χ3v) is 3.40. The Bertz CT molecular complexity index is 808. The Hall–Kier alpha value is -3.42.